The number of rotatable bonds is 3. The Kier molecular flexibility index (Phi) is 3.71. The smallest absolute Gasteiger partial charge is 0.181 e. The van der Waals surface area contributed by atoms with Crippen molar-refractivity contribution in [3.63, 3.8) is 0 Å². The first-order chi connectivity index (χ1) is 8.15. The minimum atomic E-state index is 0.610. The highest BCUT2D eigenvalue weighted by Crippen LogP contribution is 2.34. The number of nitrogens with zero attached hydrogens (tertiary/aromatic N) is 5. The summed E-state index contributed by atoms with van der Waals surface area (Å²) in [6.45, 7) is 1.83. The number of aromatic nitrogens is 4. The molecule has 0 spiro atoms. The summed E-state index contributed by atoms with van der Waals surface area (Å²) in [5.41, 5.74) is 1.35. The molecule has 0 aliphatic carbocycles. The summed E-state index contributed by atoms with van der Waals surface area (Å²) in [6.07, 6.45) is 1.96. The molecule has 0 bridgehead atoms. The SMILES string of the molecule is CSc1nnc(Sc2c(C#N)c(C)nn2C)s1. The van der Waals surface area contributed by atoms with Crippen LogP contribution in [0.25, 0.3) is 0 Å². The van der Waals surface area contributed by atoms with E-state index >= 15 is 0 Å². The average molecular weight is 283 g/mol. The molecular formula is C9H9N5S3. The van der Waals surface area contributed by atoms with E-state index in [4.69, 9.17) is 5.26 Å². The zero-order valence-electron chi connectivity index (χ0n) is 9.46. The van der Waals surface area contributed by atoms with Crippen LogP contribution in [-0.4, -0.2) is 26.2 Å². The molecule has 2 aromatic rings. The molecule has 2 rings (SSSR count). The van der Waals surface area contributed by atoms with Crippen LogP contribution in [0.1, 0.15) is 11.3 Å². The highest BCUT2D eigenvalue weighted by molar-refractivity contribution is 8.03. The second kappa shape index (κ2) is 5.08. The van der Waals surface area contributed by atoms with Crippen molar-refractivity contribution in [1.29, 1.82) is 5.26 Å². The molecule has 0 saturated carbocycles. The van der Waals surface area contributed by atoms with Gasteiger partial charge in [0.2, 0.25) is 0 Å². The molecule has 0 atom stereocenters. The van der Waals surface area contributed by atoms with Crippen molar-refractivity contribution < 1.29 is 0 Å². The van der Waals surface area contributed by atoms with Crippen LogP contribution in [0.15, 0.2) is 13.7 Å². The van der Waals surface area contributed by atoms with E-state index in [1.165, 1.54) is 23.1 Å². The van der Waals surface area contributed by atoms with Gasteiger partial charge in [0.15, 0.2) is 8.68 Å². The van der Waals surface area contributed by atoms with Crippen LogP contribution >= 0.6 is 34.9 Å². The molecule has 0 aliphatic heterocycles. The zero-order chi connectivity index (χ0) is 12.4. The Bertz CT molecular complexity index is 580. The van der Waals surface area contributed by atoms with E-state index < -0.39 is 0 Å². The fourth-order valence-corrected chi connectivity index (χ4v) is 3.81. The molecule has 2 heterocycles. The molecule has 17 heavy (non-hydrogen) atoms. The number of aryl methyl sites for hydroxylation is 2. The highest BCUT2D eigenvalue weighted by Gasteiger charge is 2.16. The molecule has 0 fully saturated rings. The molecule has 0 unspecified atom stereocenters. The molecule has 0 aliphatic rings. The van der Waals surface area contributed by atoms with E-state index in [-0.39, 0.29) is 0 Å². The van der Waals surface area contributed by atoms with Crippen molar-refractivity contribution >= 4 is 34.9 Å². The van der Waals surface area contributed by atoms with Gasteiger partial charge in [-0.1, -0.05) is 23.1 Å². The molecule has 88 valence electrons. The summed E-state index contributed by atoms with van der Waals surface area (Å²) in [7, 11) is 1.83. The summed E-state index contributed by atoms with van der Waals surface area (Å²) in [6, 6.07) is 2.17. The largest absolute Gasteiger partial charge is 0.260 e. The fraction of sp³-hybridized carbons (Fsp3) is 0.333. The Labute approximate surface area is 111 Å². The van der Waals surface area contributed by atoms with Crippen molar-refractivity contribution in [2.75, 3.05) is 6.26 Å². The van der Waals surface area contributed by atoms with Crippen LogP contribution in [0.4, 0.5) is 0 Å². The summed E-state index contributed by atoms with van der Waals surface area (Å²) in [5, 5.41) is 22.2. The summed E-state index contributed by atoms with van der Waals surface area (Å²) in [4.78, 5) is 0. The quantitative estimate of drug-likeness (QED) is 0.805. The van der Waals surface area contributed by atoms with Crippen molar-refractivity contribution in [1.82, 2.24) is 20.0 Å². The van der Waals surface area contributed by atoms with Crippen molar-refractivity contribution in [2.24, 2.45) is 7.05 Å². The lowest BCUT2D eigenvalue weighted by Gasteiger charge is -1.97. The number of hydrogen-bond donors (Lipinski definition) is 0. The number of thioether (sulfide) groups is 1. The molecule has 2 aromatic heterocycles. The summed E-state index contributed by atoms with van der Waals surface area (Å²) >= 11 is 4.51. The summed E-state index contributed by atoms with van der Waals surface area (Å²) < 4.78 is 3.46. The lowest BCUT2D eigenvalue weighted by molar-refractivity contribution is 0.691. The second-order valence-corrected chi connectivity index (χ2v) is 6.41. The van der Waals surface area contributed by atoms with E-state index in [2.05, 4.69) is 21.4 Å². The average Bonchev–Trinajstić information content (AvgIpc) is 2.85. The summed E-state index contributed by atoms with van der Waals surface area (Å²) in [5.74, 6) is 0. The normalized spacial score (nSPS) is 10.5. The van der Waals surface area contributed by atoms with Gasteiger partial charge in [-0.05, 0) is 24.9 Å². The van der Waals surface area contributed by atoms with Gasteiger partial charge >= 0.3 is 0 Å². The molecule has 5 nitrogen and oxygen atoms in total. The first-order valence-corrected chi connectivity index (χ1v) is 7.50. The number of hydrogen-bond acceptors (Lipinski definition) is 7. The molecule has 0 N–H and O–H groups in total. The third kappa shape index (κ3) is 2.46. The van der Waals surface area contributed by atoms with Gasteiger partial charge in [-0.15, -0.1) is 10.2 Å². The topological polar surface area (TPSA) is 67.4 Å². The van der Waals surface area contributed by atoms with E-state index in [1.807, 2.05) is 20.2 Å². The third-order valence-electron chi connectivity index (χ3n) is 2.03. The Balaban J connectivity index is 2.33. The highest BCUT2D eigenvalue weighted by atomic mass is 32.2. The predicted octanol–water partition coefficient (Wildman–Crippen LogP) is 2.32. The maximum atomic E-state index is 9.09. The Morgan fingerprint density at radius 2 is 2.06 bits per heavy atom. The van der Waals surface area contributed by atoms with Crippen LogP contribution < -0.4 is 0 Å². The first kappa shape index (κ1) is 12.4. The Morgan fingerprint density at radius 1 is 1.35 bits per heavy atom. The van der Waals surface area contributed by atoms with Gasteiger partial charge in [-0.25, -0.2) is 0 Å². The third-order valence-corrected chi connectivity index (χ3v) is 5.14. The Morgan fingerprint density at radius 3 is 2.65 bits per heavy atom. The van der Waals surface area contributed by atoms with Crippen LogP contribution in [0.2, 0.25) is 0 Å². The minimum Gasteiger partial charge on any atom is -0.260 e. The van der Waals surface area contributed by atoms with Gasteiger partial charge < -0.3 is 0 Å². The van der Waals surface area contributed by atoms with Gasteiger partial charge in [-0.3, -0.25) is 4.68 Å². The Hall–Kier alpha value is -1.04. The second-order valence-electron chi connectivity index (χ2n) is 3.14. The molecule has 0 radical (unpaired) electrons. The van der Waals surface area contributed by atoms with E-state index in [0.29, 0.717) is 5.56 Å². The predicted molar refractivity (Wildman–Crippen MR) is 68.5 cm³/mol. The first-order valence-electron chi connectivity index (χ1n) is 4.64. The van der Waals surface area contributed by atoms with Gasteiger partial charge in [0, 0.05) is 7.05 Å². The van der Waals surface area contributed by atoms with Gasteiger partial charge in [-0.2, -0.15) is 10.4 Å². The molecule has 0 amide bonds. The van der Waals surface area contributed by atoms with Crippen molar-refractivity contribution in [3.8, 4) is 6.07 Å². The van der Waals surface area contributed by atoms with Crippen LogP contribution in [0.3, 0.4) is 0 Å². The zero-order valence-corrected chi connectivity index (χ0v) is 11.9. The monoisotopic (exact) mass is 283 g/mol. The van der Waals surface area contributed by atoms with E-state index in [9.17, 15) is 0 Å². The lowest BCUT2D eigenvalue weighted by atomic mass is 10.3. The maximum Gasteiger partial charge on any atom is 0.181 e. The van der Waals surface area contributed by atoms with Gasteiger partial charge in [0.1, 0.15) is 16.7 Å². The minimum absolute atomic E-state index is 0.610. The lowest BCUT2D eigenvalue weighted by Crippen LogP contribution is -1.92. The van der Waals surface area contributed by atoms with E-state index in [1.54, 1.807) is 16.4 Å². The van der Waals surface area contributed by atoms with Crippen molar-refractivity contribution in [2.45, 2.75) is 20.6 Å². The van der Waals surface area contributed by atoms with Crippen LogP contribution in [-0.2, 0) is 7.05 Å². The van der Waals surface area contributed by atoms with Crippen molar-refractivity contribution in [3.05, 3.63) is 11.3 Å². The van der Waals surface area contributed by atoms with Crippen LogP contribution in [0, 0.1) is 18.3 Å². The molecule has 8 heteroatoms. The molecule has 0 saturated heterocycles. The molecular weight excluding hydrogens is 274 g/mol. The number of nitriles is 1. The van der Waals surface area contributed by atoms with Crippen LogP contribution in [0.5, 0.6) is 0 Å². The van der Waals surface area contributed by atoms with E-state index in [0.717, 1.165) is 19.4 Å². The van der Waals surface area contributed by atoms with Gasteiger partial charge in [0.05, 0.1) is 5.69 Å². The standard InChI is InChI=1S/C9H9N5S3/c1-5-6(4-10)7(14(2)13-5)16-9-12-11-8(15-3)17-9/h1-3H3. The fourth-order valence-electron chi connectivity index (χ4n) is 1.29. The maximum absolute atomic E-state index is 9.09. The van der Waals surface area contributed by atoms with Gasteiger partial charge in [0.25, 0.3) is 0 Å². The molecule has 0 aromatic carbocycles.